The SMILES string of the molecule is Cc1occc1C(=O)N1CCC(NC(=O)c2cnn(C)c2C)CC1. The highest BCUT2D eigenvalue weighted by atomic mass is 16.3. The van der Waals surface area contributed by atoms with E-state index in [2.05, 4.69) is 10.4 Å². The Morgan fingerprint density at radius 3 is 2.50 bits per heavy atom. The number of hydrogen-bond donors (Lipinski definition) is 1. The zero-order chi connectivity index (χ0) is 17.3. The van der Waals surface area contributed by atoms with Gasteiger partial charge in [-0.05, 0) is 32.8 Å². The molecule has 128 valence electrons. The van der Waals surface area contributed by atoms with Gasteiger partial charge in [-0.25, -0.2) is 0 Å². The lowest BCUT2D eigenvalue weighted by molar-refractivity contribution is 0.0696. The number of hydrogen-bond acceptors (Lipinski definition) is 4. The highest BCUT2D eigenvalue weighted by Gasteiger charge is 2.26. The molecule has 2 aromatic heterocycles. The summed E-state index contributed by atoms with van der Waals surface area (Å²) in [7, 11) is 1.81. The van der Waals surface area contributed by atoms with Crippen LogP contribution in [0.2, 0.25) is 0 Å². The minimum atomic E-state index is -0.101. The number of nitrogens with one attached hydrogen (secondary N) is 1. The Kier molecular flexibility index (Phi) is 4.42. The van der Waals surface area contributed by atoms with Crippen molar-refractivity contribution in [3.05, 3.63) is 41.1 Å². The predicted molar refractivity (Wildman–Crippen MR) is 87.8 cm³/mol. The predicted octanol–water partition coefficient (Wildman–Crippen LogP) is 1.66. The van der Waals surface area contributed by atoms with E-state index in [1.165, 1.54) is 6.26 Å². The smallest absolute Gasteiger partial charge is 0.257 e. The Morgan fingerprint density at radius 1 is 1.25 bits per heavy atom. The first-order valence-corrected chi connectivity index (χ1v) is 8.10. The van der Waals surface area contributed by atoms with Gasteiger partial charge in [-0.2, -0.15) is 5.10 Å². The third-order valence-electron chi connectivity index (χ3n) is 4.69. The van der Waals surface area contributed by atoms with Crippen molar-refractivity contribution < 1.29 is 14.0 Å². The van der Waals surface area contributed by atoms with Crippen molar-refractivity contribution in [2.75, 3.05) is 13.1 Å². The number of rotatable bonds is 3. The van der Waals surface area contributed by atoms with Crippen LogP contribution in [-0.2, 0) is 7.05 Å². The second-order valence-electron chi connectivity index (χ2n) is 6.20. The molecule has 0 spiro atoms. The summed E-state index contributed by atoms with van der Waals surface area (Å²) in [5, 5.41) is 7.14. The monoisotopic (exact) mass is 330 g/mol. The number of piperidine rings is 1. The Balaban J connectivity index is 1.56. The van der Waals surface area contributed by atoms with Gasteiger partial charge in [0.15, 0.2) is 0 Å². The molecule has 7 nitrogen and oxygen atoms in total. The van der Waals surface area contributed by atoms with Crippen LogP contribution in [-0.4, -0.2) is 45.6 Å². The van der Waals surface area contributed by atoms with E-state index in [1.807, 2.05) is 18.9 Å². The van der Waals surface area contributed by atoms with Gasteiger partial charge in [-0.1, -0.05) is 0 Å². The molecule has 1 fully saturated rings. The molecule has 1 aliphatic heterocycles. The van der Waals surface area contributed by atoms with Crippen LogP contribution in [0.15, 0.2) is 22.9 Å². The number of amides is 2. The summed E-state index contributed by atoms with van der Waals surface area (Å²) >= 11 is 0. The topological polar surface area (TPSA) is 80.4 Å². The van der Waals surface area contributed by atoms with Gasteiger partial charge in [-0.15, -0.1) is 0 Å². The molecule has 2 amide bonds. The number of aromatic nitrogens is 2. The maximum absolute atomic E-state index is 12.4. The van der Waals surface area contributed by atoms with E-state index in [4.69, 9.17) is 4.42 Å². The standard InChI is InChI=1S/C17H22N4O3/c1-11-15(10-18-20(11)3)16(22)19-13-4-7-21(8-5-13)17(23)14-6-9-24-12(14)2/h6,9-10,13H,4-5,7-8H2,1-3H3,(H,19,22). The van der Waals surface area contributed by atoms with E-state index < -0.39 is 0 Å². The highest BCUT2D eigenvalue weighted by Crippen LogP contribution is 2.17. The van der Waals surface area contributed by atoms with Crippen LogP contribution in [0.4, 0.5) is 0 Å². The van der Waals surface area contributed by atoms with Crippen LogP contribution in [0.5, 0.6) is 0 Å². The Labute approximate surface area is 140 Å². The molecule has 7 heteroatoms. The summed E-state index contributed by atoms with van der Waals surface area (Å²) in [6.45, 7) is 4.91. The molecule has 0 aromatic carbocycles. The van der Waals surface area contributed by atoms with Crippen LogP contribution in [0, 0.1) is 13.8 Å². The molecule has 0 unspecified atom stereocenters. The quantitative estimate of drug-likeness (QED) is 0.928. The lowest BCUT2D eigenvalue weighted by atomic mass is 10.0. The molecular weight excluding hydrogens is 308 g/mol. The number of furan rings is 1. The van der Waals surface area contributed by atoms with Crippen LogP contribution in [0.25, 0.3) is 0 Å². The normalized spacial score (nSPS) is 15.5. The van der Waals surface area contributed by atoms with Gasteiger partial charge >= 0.3 is 0 Å². The van der Waals surface area contributed by atoms with Crippen LogP contribution in [0.1, 0.15) is 45.0 Å². The fraction of sp³-hybridized carbons (Fsp3) is 0.471. The van der Waals surface area contributed by atoms with Gasteiger partial charge in [0.25, 0.3) is 11.8 Å². The first-order valence-electron chi connectivity index (χ1n) is 8.10. The minimum Gasteiger partial charge on any atom is -0.469 e. The molecule has 3 heterocycles. The van der Waals surface area contributed by atoms with E-state index in [9.17, 15) is 9.59 Å². The first kappa shape index (κ1) is 16.3. The van der Waals surface area contributed by atoms with Gasteiger partial charge in [0, 0.05) is 31.9 Å². The fourth-order valence-electron chi connectivity index (χ4n) is 2.99. The van der Waals surface area contributed by atoms with Crippen molar-refractivity contribution in [2.24, 2.45) is 7.05 Å². The maximum atomic E-state index is 12.4. The van der Waals surface area contributed by atoms with E-state index >= 15 is 0 Å². The van der Waals surface area contributed by atoms with Crippen LogP contribution in [0.3, 0.4) is 0 Å². The first-order chi connectivity index (χ1) is 11.5. The van der Waals surface area contributed by atoms with Gasteiger partial charge in [-0.3, -0.25) is 14.3 Å². The average Bonchev–Trinajstić information content (AvgIpc) is 3.14. The second-order valence-corrected chi connectivity index (χ2v) is 6.20. The summed E-state index contributed by atoms with van der Waals surface area (Å²) in [5.74, 6) is 0.535. The molecular formula is C17H22N4O3. The molecule has 2 aromatic rings. The van der Waals surface area contributed by atoms with E-state index in [-0.39, 0.29) is 17.9 Å². The van der Waals surface area contributed by atoms with Gasteiger partial charge in [0.1, 0.15) is 5.76 Å². The summed E-state index contributed by atoms with van der Waals surface area (Å²) in [6.07, 6.45) is 4.61. The number of likely N-dealkylation sites (tertiary alicyclic amines) is 1. The van der Waals surface area contributed by atoms with Crippen LogP contribution < -0.4 is 5.32 Å². The lowest BCUT2D eigenvalue weighted by Crippen LogP contribution is -2.46. The van der Waals surface area contributed by atoms with Gasteiger partial charge < -0.3 is 14.6 Å². The Bertz CT molecular complexity index is 754. The molecule has 0 saturated carbocycles. The Hall–Kier alpha value is -2.57. The number of carbonyl (C=O) groups is 2. The summed E-state index contributed by atoms with van der Waals surface area (Å²) in [6, 6.07) is 1.78. The molecule has 0 aliphatic carbocycles. The lowest BCUT2D eigenvalue weighted by Gasteiger charge is -2.32. The summed E-state index contributed by atoms with van der Waals surface area (Å²) in [5.41, 5.74) is 2.06. The Morgan fingerprint density at radius 2 is 1.96 bits per heavy atom. The summed E-state index contributed by atoms with van der Waals surface area (Å²) < 4.78 is 6.88. The van der Waals surface area contributed by atoms with Crippen molar-refractivity contribution in [3.63, 3.8) is 0 Å². The molecule has 0 radical (unpaired) electrons. The van der Waals surface area contributed by atoms with E-state index in [0.29, 0.717) is 30.0 Å². The minimum absolute atomic E-state index is 0.00543. The molecule has 1 aliphatic rings. The summed E-state index contributed by atoms with van der Waals surface area (Å²) in [4.78, 5) is 26.6. The van der Waals surface area contributed by atoms with Crippen molar-refractivity contribution in [1.29, 1.82) is 0 Å². The average molecular weight is 330 g/mol. The van der Waals surface area contributed by atoms with Crippen molar-refractivity contribution in [3.8, 4) is 0 Å². The molecule has 1 N–H and O–H groups in total. The van der Waals surface area contributed by atoms with E-state index in [0.717, 1.165) is 18.5 Å². The number of aryl methyl sites for hydroxylation is 2. The molecule has 0 atom stereocenters. The van der Waals surface area contributed by atoms with Crippen LogP contribution >= 0.6 is 0 Å². The van der Waals surface area contributed by atoms with E-state index in [1.54, 1.807) is 23.9 Å². The van der Waals surface area contributed by atoms with Crippen molar-refractivity contribution in [2.45, 2.75) is 32.7 Å². The number of nitrogens with zero attached hydrogens (tertiary/aromatic N) is 3. The van der Waals surface area contributed by atoms with Gasteiger partial charge in [0.05, 0.1) is 23.6 Å². The van der Waals surface area contributed by atoms with Crippen molar-refractivity contribution >= 4 is 11.8 Å². The number of carbonyl (C=O) groups excluding carboxylic acids is 2. The molecule has 24 heavy (non-hydrogen) atoms. The second kappa shape index (κ2) is 6.51. The third-order valence-corrected chi connectivity index (χ3v) is 4.69. The van der Waals surface area contributed by atoms with Gasteiger partial charge in [0.2, 0.25) is 0 Å². The third kappa shape index (κ3) is 3.06. The molecule has 1 saturated heterocycles. The highest BCUT2D eigenvalue weighted by molar-refractivity contribution is 5.96. The largest absolute Gasteiger partial charge is 0.469 e. The molecule has 0 bridgehead atoms. The van der Waals surface area contributed by atoms with Crippen molar-refractivity contribution in [1.82, 2.24) is 20.0 Å². The zero-order valence-electron chi connectivity index (χ0n) is 14.2. The maximum Gasteiger partial charge on any atom is 0.257 e. The fourth-order valence-corrected chi connectivity index (χ4v) is 2.99. The molecule has 3 rings (SSSR count). The zero-order valence-corrected chi connectivity index (χ0v) is 14.2.